The summed E-state index contributed by atoms with van der Waals surface area (Å²) in [5.41, 5.74) is 4.40. The summed E-state index contributed by atoms with van der Waals surface area (Å²) in [6.45, 7) is -0.299. The molecule has 0 amide bonds. The molecule has 1 aliphatic rings. The standard InChI is InChI=1S/C8H10FN3O4/c9-4-1-12(8(14)11-7(4)10)5-3-15-6(2-13)16-5/h1,5-6,13H,2-3H2,(H2,10,11,14)/t5-,6?/m1/s1. The third kappa shape index (κ3) is 1.90. The van der Waals surface area contributed by atoms with E-state index in [-0.39, 0.29) is 13.2 Å². The van der Waals surface area contributed by atoms with Crippen molar-refractivity contribution in [1.29, 1.82) is 0 Å². The molecule has 2 heterocycles. The molecule has 0 radical (unpaired) electrons. The van der Waals surface area contributed by atoms with E-state index in [9.17, 15) is 9.18 Å². The van der Waals surface area contributed by atoms with Crippen LogP contribution in [0.15, 0.2) is 11.0 Å². The van der Waals surface area contributed by atoms with E-state index in [0.29, 0.717) is 0 Å². The second-order valence-corrected chi connectivity index (χ2v) is 3.20. The highest BCUT2D eigenvalue weighted by atomic mass is 19.1. The number of aliphatic hydroxyl groups excluding tert-OH is 1. The molecular weight excluding hydrogens is 221 g/mol. The maximum Gasteiger partial charge on any atom is 0.351 e. The van der Waals surface area contributed by atoms with Crippen LogP contribution in [0.25, 0.3) is 0 Å². The maximum absolute atomic E-state index is 13.1. The minimum atomic E-state index is -0.810. The summed E-state index contributed by atoms with van der Waals surface area (Å²) >= 11 is 0. The molecule has 0 bridgehead atoms. The van der Waals surface area contributed by atoms with E-state index in [1.165, 1.54) is 0 Å². The summed E-state index contributed by atoms with van der Waals surface area (Å²) in [4.78, 5) is 14.7. The molecule has 0 aliphatic carbocycles. The average Bonchev–Trinajstić information content (AvgIpc) is 2.71. The topological polar surface area (TPSA) is 99.6 Å². The van der Waals surface area contributed by atoms with Crippen molar-refractivity contribution in [3.05, 3.63) is 22.5 Å². The van der Waals surface area contributed by atoms with Crippen LogP contribution in [-0.4, -0.2) is 34.2 Å². The van der Waals surface area contributed by atoms with E-state index in [1.54, 1.807) is 0 Å². The SMILES string of the molecule is Nc1nc(=O)n([C@H]2COC(CO)O2)cc1F. The fourth-order valence-electron chi connectivity index (χ4n) is 1.35. The lowest BCUT2D eigenvalue weighted by molar-refractivity contribution is -0.0993. The summed E-state index contributed by atoms with van der Waals surface area (Å²) in [6, 6.07) is 0. The summed E-state index contributed by atoms with van der Waals surface area (Å²) in [6.07, 6.45) is -0.705. The van der Waals surface area contributed by atoms with Crippen molar-refractivity contribution in [2.45, 2.75) is 12.5 Å². The van der Waals surface area contributed by atoms with E-state index in [4.69, 9.17) is 20.3 Å². The van der Waals surface area contributed by atoms with Crippen molar-refractivity contribution in [2.24, 2.45) is 0 Å². The number of rotatable bonds is 2. The van der Waals surface area contributed by atoms with Crippen LogP contribution >= 0.6 is 0 Å². The van der Waals surface area contributed by atoms with Crippen LogP contribution in [0.4, 0.5) is 10.2 Å². The number of aliphatic hydroxyl groups is 1. The second-order valence-electron chi connectivity index (χ2n) is 3.20. The molecule has 8 heteroatoms. The molecule has 0 aromatic carbocycles. The first-order valence-corrected chi connectivity index (χ1v) is 4.54. The highest BCUT2D eigenvalue weighted by Crippen LogP contribution is 2.19. The number of ether oxygens (including phenoxy) is 2. The first kappa shape index (κ1) is 11.0. The monoisotopic (exact) mass is 231 g/mol. The Hall–Kier alpha value is -1.51. The van der Waals surface area contributed by atoms with Crippen LogP contribution in [0.3, 0.4) is 0 Å². The number of hydrogen-bond acceptors (Lipinski definition) is 6. The second kappa shape index (κ2) is 4.16. The van der Waals surface area contributed by atoms with E-state index >= 15 is 0 Å². The van der Waals surface area contributed by atoms with Gasteiger partial charge in [0.1, 0.15) is 0 Å². The van der Waals surface area contributed by atoms with E-state index in [2.05, 4.69) is 4.98 Å². The Morgan fingerprint density at radius 2 is 2.50 bits per heavy atom. The molecule has 1 aliphatic heterocycles. The molecule has 1 aromatic rings. The minimum absolute atomic E-state index is 0.0379. The van der Waals surface area contributed by atoms with Gasteiger partial charge in [0.2, 0.25) is 0 Å². The highest BCUT2D eigenvalue weighted by Gasteiger charge is 2.28. The first-order valence-electron chi connectivity index (χ1n) is 4.54. The Kier molecular flexibility index (Phi) is 2.86. The largest absolute Gasteiger partial charge is 0.391 e. The summed E-state index contributed by atoms with van der Waals surface area (Å²) in [5, 5.41) is 8.75. The van der Waals surface area contributed by atoms with Crippen molar-refractivity contribution in [1.82, 2.24) is 9.55 Å². The lowest BCUT2D eigenvalue weighted by atomic mass is 10.5. The smallest absolute Gasteiger partial charge is 0.351 e. The fourth-order valence-corrected chi connectivity index (χ4v) is 1.35. The lowest BCUT2D eigenvalue weighted by Crippen LogP contribution is -2.29. The van der Waals surface area contributed by atoms with Gasteiger partial charge in [-0.05, 0) is 0 Å². The van der Waals surface area contributed by atoms with Crippen molar-refractivity contribution >= 4 is 5.82 Å². The molecule has 3 N–H and O–H groups in total. The minimum Gasteiger partial charge on any atom is -0.391 e. The molecule has 1 unspecified atom stereocenters. The molecular formula is C8H10FN3O4. The maximum atomic E-state index is 13.1. The number of hydrogen-bond donors (Lipinski definition) is 2. The zero-order chi connectivity index (χ0) is 11.7. The van der Waals surface area contributed by atoms with E-state index < -0.39 is 29.8 Å². The van der Waals surface area contributed by atoms with Gasteiger partial charge in [-0.2, -0.15) is 4.98 Å². The lowest BCUT2D eigenvalue weighted by Gasteiger charge is -2.12. The van der Waals surface area contributed by atoms with Gasteiger partial charge in [0.05, 0.1) is 19.4 Å². The van der Waals surface area contributed by atoms with Crippen LogP contribution in [0.1, 0.15) is 6.23 Å². The van der Waals surface area contributed by atoms with Gasteiger partial charge >= 0.3 is 5.69 Å². The van der Waals surface area contributed by atoms with Crippen LogP contribution in [0.5, 0.6) is 0 Å². The van der Waals surface area contributed by atoms with Crippen LogP contribution in [0, 0.1) is 5.82 Å². The fraction of sp³-hybridized carbons (Fsp3) is 0.500. The van der Waals surface area contributed by atoms with Gasteiger partial charge in [0.15, 0.2) is 24.2 Å². The van der Waals surface area contributed by atoms with Gasteiger partial charge < -0.3 is 20.3 Å². The normalized spacial score (nSPS) is 24.9. The molecule has 2 rings (SSSR count). The van der Waals surface area contributed by atoms with Crippen LogP contribution in [-0.2, 0) is 9.47 Å². The Labute approximate surface area is 89.2 Å². The van der Waals surface area contributed by atoms with Gasteiger partial charge in [-0.15, -0.1) is 0 Å². The van der Waals surface area contributed by atoms with Crippen molar-refractivity contribution in [3.63, 3.8) is 0 Å². The van der Waals surface area contributed by atoms with Crippen molar-refractivity contribution in [3.8, 4) is 0 Å². The molecule has 1 fully saturated rings. The predicted molar refractivity (Wildman–Crippen MR) is 49.8 cm³/mol. The third-order valence-electron chi connectivity index (χ3n) is 2.13. The predicted octanol–water partition coefficient (Wildman–Crippen LogP) is -1.17. The van der Waals surface area contributed by atoms with Crippen molar-refractivity contribution in [2.75, 3.05) is 18.9 Å². The van der Waals surface area contributed by atoms with Gasteiger partial charge in [-0.25, -0.2) is 9.18 Å². The van der Waals surface area contributed by atoms with Gasteiger partial charge in [-0.3, -0.25) is 4.57 Å². The number of nitrogen functional groups attached to an aromatic ring is 1. The molecule has 0 spiro atoms. The van der Waals surface area contributed by atoms with Gasteiger partial charge in [-0.1, -0.05) is 0 Å². The molecule has 1 saturated heterocycles. The van der Waals surface area contributed by atoms with Crippen LogP contribution < -0.4 is 11.4 Å². The molecule has 16 heavy (non-hydrogen) atoms. The summed E-state index contributed by atoms with van der Waals surface area (Å²) in [7, 11) is 0. The molecule has 1 aromatic heterocycles. The number of nitrogens with two attached hydrogens (primary N) is 1. The van der Waals surface area contributed by atoms with E-state index in [1.807, 2.05) is 0 Å². The van der Waals surface area contributed by atoms with Crippen molar-refractivity contribution < 1.29 is 19.0 Å². The Morgan fingerprint density at radius 3 is 3.12 bits per heavy atom. The molecule has 7 nitrogen and oxygen atoms in total. The van der Waals surface area contributed by atoms with Gasteiger partial charge in [0.25, 0.3) is 0 Å². The van der Waals surface area contributed by atoms with Crippen LogP contribution in [0.2, 0.25) is 0 Å². The Morgan fingerprint density at radius 1 is 1.75 bits per heavy atom. The third-order valence-corrected chi connectivity index (χ3v) is 2.13. The quantitative estimate of drug-likeness (QED) is 0.665. The molecule has 0 saturated carbocycles. The highest BCUT2D eigenvalue weighted by molar-refractivity contribution is 5.26. The number of anilines is 1. The number of aromatic nitrogens is 2. The first-order chi connectivity index (χ1) is 7.61. The molecule has 88 valence electrons. The average molecular weight is 231 g/mol. The zero-order valence-electron chi connectivity index (χ0n) is 8.17. The number of halogens is 1. The summed E-state index contributed by atoms with van der Waals surface area (Å²) in [5.74, 6) is -1.27. The number of nitrogens with zero attached hydrogens (tertiary/aromatic N) is 2. The van der Waals surface area contributed by atoms with E-state index in [0.717, 1.165) is 10.8 Å². The Balaban J connectivity index is 2.28. The summed E-state index contributed by atoms with van der Waals surface area (Å²) < 4.78 is 24.1. The Bertz CT molecular complexity index is 449. The molecule has 2 atom stereocenters. The zero-order valence-corrected chi connectivity index (χ0v) is 8.17. The van der Waals surface area contributed by atoms with Gasteiger partial charge in [0, 0.05) is 0 Å².